The summed E-state index contributed by atoms with van der Waals surface area (Å²) in [6.45, 7) is 6.41. The van der Waals surface area contributed by atoms with Crippen LogP contribution in [0.4, 0.5) is 0 Å². The summed E-state index contributed by atoms with van der Waals surface area (Å²) in [5.41, 5.74) is 3.52. The minimum atomic E-state index is -3.65. The van der Waals surface area contributed by atoms with E-state index in [-0.39, 0.29) is 17.5 Å². The molecule has 0 heterocycles. The number of hydrogen-bond acceptors (Lipinski definition) is 7. The molecular weight excluding hydrogens is 492 g/mol. The first-order valence-electron chi connectivity index (χ1n) is 12.8. The minimum Gasteiger partial charge on any atom is -0.493 e. The van der Waals surface area contributed by atoms with Gasteiger partial charge >= 0.3 is 16.1 Å². The van der Waals surface area contributed by atoms with Crippen LogP contribution >= 0.6 is 0 Å². The predicted octanol–water partition coefficient (Wildman–Crippen LogP) is 6.13. The Kier molecular flexibility index (Phi) is 12.5. The molecule has 0 bridgehead atoms. The second kappa shape index (κ2) is 15.3. The predicted molar refractivity (Wildman–Crippen MR) is 147 cm³/mol. The summed E-state index contributed by atoms with van der Waals surface area (Å²) in [6, 6.07) is 11.3. The van der Waals surface area contributed by atoms with Gasteiger partial charge in [-0.2, -0.15) is 8.42 Å². The van der Waals surface area contributed by atoms with Crippen LogP contribution in [-0.4, -0.2) is 41.0 Å². The molecule has 0 unspecified atom stereocenters. The van der Waals surface area contributed by atoms with Crippen molar-refractivity contribution in [3.63, 3.8) is 0 Å². The zero-order valence-electron chi connectivity index (χ0n) is 22.7. The molecule has 2 aromatic carbocycles. The maximum absolute atomic E-state index is 12.2. The van der Waals surface area contributed by atoms with Crippen molar-refractivity contribution in [3.8, 4) is 17.2 Å². The lowest BCUT2D eigenvalue weighted by Gasteiger charge is -2.14. The van der Waals surface area contributed by atoms with Crippen LogP contribution in [0.3, 0.4) is 0 Å². The van der Waals surface area contributed by atoms with Crippen molar-refractivity contribution in [2.24, 2.45) is 0 Å². The fraction of sp³-hybridized carbons (Fsp3) is 0.483. The lowest BCUT2D eigenvalue weighted by molar-refractivity contribution is -0.135. The Morgan fingerprint density at radius 1 is 0.892 bits per heavy atom. The third-order valence-corrected chi connectivity index (χ3v) is 7.06. The average molecular weight is 533 g/mol. The molecule has 0 N–H and O–H groups in total. The van der Waals surface area contributed by atoms with Crippen molar-refractivity contribution in [2.45, 2.75) is 65.7 Å². The average Bonchev–Trinajstić information content (AvgIpc) is 2.88. The zero-order valence-corrected chi connectivity index (χ0v) is 23.5. The smallest absolute Gasteiger partial charge is 0.333 e. The summed E-state index contributed by atoms with van der Waals surface area (Å²) < 4.78 is 45.9. The fourth-order valence-corrected chi connectivity index (χ4v) is 4.85. The molecule has 0 aliphatic heterocycles. The van der Waals surface area contributed by atoms with E-state index in [2.05, 4.69) is 6.92 Å². The summed E-state index contributed by atoms with van der Waals surface area (Å²) in [5.74, 6) is 1.05. The van der Waals surface area contributed by atoms with Gasteiger partial charge in [0, 0.05) is 5.57 Å². The van der Waals surface area contributed by atoms with E-state index in [0.717, 1.165) is 61.0 Å². The highest BCUT2D eigenvalue weighted by molar-refractivity contribution is 7.87. The molecule has 2 aromatic rings. The Labute approximate surface area is 221 Å². The zero-order chi connectivity index (χ0) is 27.3. The fourth-order valence-electron chi connectivity index (χ4n) is 3.72. The number of carbonyl (C=O) groups is 1. The van der Waals surface area contributed by atoms with Crippen molar-refractivity contribution in [3.05, 3.63) is 58.7 Å². The third kappa shape index (κ3) is 10.1. The normalized spacial score (nSPS) is 11.8. The largest absolute Gasteiger partial charge is 0.493 e. The highest BCUT2D eigenvalue weighted by Crippen LogP contribution is 2.31. The first-order valence-corrected chi connectivity index (χ1v) is 14.4. The molecule has 2 rings (SSSR count). The van der Waals surface area contributed by atoms with E-state index in [4.69, 9.17) is 18.4 Å². The van der Waals surface area contributed by atoms with Crippen LogP contribution in [0.1, 0.15) is 69.6 Å². The Hall–Kier alpha value is -3.00. The van der Waals surface area contributed by atoms with E-state index < -0.39 is 10.1 Å². The molecule has 0 atom stereocenters. The third-order valence-electron chi connectivity index (χ3n) is 5.84. The van der Waals surface area contributed by atoms with Gasteiger partial charge in [-0.25, -0.2) is 4.79 Å². The summed E-state index contributed by atoms with van der Waals surface area (Å²) in [5, 5.41) is 0. The Bertz CT molecular complexity index is 1150. The van der Waals surface area contributed by atoms with E-state index in [1.165, 1.54) is 14.2 Å². The SMILES string of the molecule is CCCCOc1cc(C=C(C)C(=O)OC)ccc1CCCc1ccc(OS(=O)(=O)CCCC)c(OC)c1. The highest BCUT2D eigenvalue weighted by atomic mass is 32.2. The van der Waals surface area contributed by atoms with Gasteiger partial charge < -0.3 is 18.4 Å². The molecule has 0 fully saturated rings. The van der Waals surface area contributed by atoms with Crippen LogP contribution < -0.4 is 13.7 Å². The van der Waals surface area contributed by atoms with E-state index in [1.807, 2.05) is 37.3 Å². The van der Waals surface area contributed by atoms with E-state index in [1.54, 1.807) is 19.1 Å². The Balaban J connectivity index is 2.11. The van der Waals surface area contributed by atoms with Gasteiger partial charge in [0.2, 0.25) is 0 Å². The van der Waals surface area contributed by atoms with Gasteiger partial charge in [0.05, 0.1) is 26.6 Å². The number of ether oxygens (including phenoxy) is 3. The number of unbranched alkanes of at least 4 members (excludes halogenated alkanes) is 2. The van der Waals surface area contributed by atoms with E-state index >= 15 is 0 Å². The highest BCUT2D eigenvalue weighted by Gasteiger charge is 2.16. The first-order chi connectivity index (χ1) is 17.7. The number of methoxy groups -OCH3 is 2. The van der Waals surface area contributed by atoms with Crippen molar-refractivity contribution >= 4 is 22.2 Å². The first kappa shape index (κ1) is 30.2. The minimum absolute atomic E-state index is 0.0199. The number of rotatable bonds is 16. The second-order valence-electron chi connectivity index (χ2n) is 8.93. The molecule has 0 radical (unpaired) electrons. The number of carbonyl (C=O) groups excluding carboxylic acids is 1. The van der Waals surface area contributed by atoms with Gasteiger partial charge in [0.1, 0.15) is 5.75 Å². The molecule has 204 valence electrons. The van der Waals surface area contributed by atoms with E-state index in [0.29, 0.717) is 24.4 Å². The van der Waals surface area contributed by atoms with Crippen molar-refractivity contribution in [1.29, 1.82) is 0 Å². The van der Waals surface area contributed by atoms with Crippen LogP contribution in [-0.2, 0) is 32.5 Å². The molecule has 0 aliphatic rings. The topological polar surface area (TPSA) is 88.1 Å². The van der Waals surface area contributed by atoms with Crippen molar-refractivity contribution in [2.75, 3.05) is 26.6 Å². The van der Waals surface area contributed by atoms with E-state index in [9.17, 15) is 13.2 Å². The molecule has 0 saturated heterocycles. The molecule has 0 amide bonds. The van der Waals surface area contributed by atoms with Crippen LogP contribution in [0.5, 0.6) is 17.2 Å². The molecular formula is C29H40O7S. The van der Waals surface area contributed by atoms with Crippen molar-refractivity contribution in [1.82, 2.24) is 0 Å². The number of aryl methyl sites for hydroxylation is 2. The number of esters is 1. The molecule has 37 heavy (non-hydrogen) atoms. The van der Waals surface area contributed by atoms with Crippen LogP contribution in [0.15, 0.2) is 42.0 Å². The Morgan fingerprint density at radius 2 is 1.65 bits per heavy atom. The number of hydrogen-bond donors (Lipinski definition) is 0. The molecule has 8 heteroatoms. The molecule has 0 spiro atoms. The standard InChI is InChI=1S/C29H40O7S/c1-6-8-17-35-27-21-24(19-22(3)29(30)34-5)13-15-25(27)12-10-11-23-14-16-26(28(20-23)33-4)36-37(31,32)18-9-7-2/h13-16,19-21H,6-12,17-18H2,1-5H3. The lowest BCUT2D eigenvalue weighted by atomic mass is 10.0. The van der Waals surface area contributed by atoms with Gasteiger partial charge in [-0.15, -0.1) is 0 Å². The Morgan fingerprint density at radius 3 is 2.32 bits per heavy atom. The van der Waals surface area contributed by atoms with Gasteiger partial charge in [-0.3, -0.25) is 0 Å². The maximum atomic E-state index is 12.2. The van der Waals surface area contributed by atoms with Gasteiger partial charge in [-0.05, 0) is 80.0 Å². The second-order valence-corrected chi connectivity index (χ2v) is 10.6. The summed E-state index contributed by atoms with van der Waals surface area (Å²) in [6.07, 6.45) is 7.55. The molecule has 0 aliphatic carbocycles. The molecule has 0 saturated carbocycles. The van der Waals surface area contributed by atoms with Crippen LogP contribution in [0.2, 0.25) is 0 Å². The number of benzene rings is 2. The lowest BCUT2D eigenvalue weighted by Crippen LogP contribution is -2.14. The molecule has 0 aromatic heterocycles. The summed E-state index contributed by atoms with van der Waals surface area (Å²) in [4.78, 5) is 11.8. The van der Waals surface area contributed by atoms with Gasteiger partial charge in [0.15, 0.2) is 11.5 Å². The van der Waals surface area contributed by atoms with Gasteiger partial charge in [0.25, 0.3) is 0 Å². The summed E-state index contributed by atoms with van der Waals surface area (Å²) >= 11 is 0. The van der Waals surface area contributed by atoms with Crippen LogP contribution in [0.25, 0.3) is 6.08 Å². The monoisotopic (exact) mass is 532 g/mol. The van der Waals surface area contributed by atoms with Crippen LogP contribution in [0, 0.1) is 0 Å². The quantitative estimate of drug-likeness (QED) is 0.111. The van der Waals surface area contributed by atoms with Crippen molar-refractivity contribution < 1.29 is 31.6 Å². The maximum Gasteiger partial charge on any atom is 0.333 e. The summed E-state index contributed by atoms with van der Waals surface area (Å²) in [7, 11) is -0.780. The molecule has 7 nitrogen and oxygen atoms in total. The van der Waals surface area contributed by atoms with Gasteiger partial charge in [-0.1, -0.05) is 44.9 Å².